The number of imidazole rings is 1. The zero-order valence-corrected chi connectivity index (χ0v) is 24.2. The van der Waals surface area contributed by atoms with Gasteiger partial charge in [0.1, 0.15) is 6.07 Å². The van der Waals surface area contributed by atoms with Crippen molar-refractivity contribution in [1.29, 1.82) is 10.5 Å². The van der Waals surface area contributed by atoms with E-state index in [4.69, 9.17) is 11.6 Å². The minimum Gasteiger partial charge on any atom is -0.465 e. The molecule has 15 heteroatoms. The minimum atomic E-state index is -1.04. The number of carboxylic acid groups (broad SMARTS) is 1. The summed E-state index contributed by atoms with van der Waals surface area (Å²) < 4.78 is 1.41. The van der Waals surface area contributed by atoms with Gasteiger partial charge in [0.15, 0.2) is 17.2 Å². The van der Waals surface area contributed by atoms with Gasteiger partial charge in [0.25, 0.3) is 0 Å². The van der Waals surface area contributed by atoms with Crippen LogP contribution in [0.25, 0.3) is 5.65 Å². The van der Waals surface area contributed by atoms with Crippen molar-refractivity contribution in [3.63, 3.8) is 0 Å². The zero-order valence-electron chi connectivity index (χ0n) is 23.5. The van der Waals surface area contributed by atoms with E-state index in [2.05, 4.69) is 43.2 Å². The fraction of sp³-hybridized carbons (Fsp3) is 0.481. The first kappa shape index (κ1) is 29.1. The maximum Gasteiger partial charge on any atom is 0.407 e. The normalized spacial score (nSPS) is 18.8. The first-order valence-electron chi connectivity index (χ1n) is 13.6. The molecule has 3 aromatic rings. The standard InChI is InChI=1S/C27H32ClN11O3/c1-27(2,42)14-32-19-13-38(7-6-20(19)37(3)26(40)41)21-9-15(10-29)8-18(22(21)28)34-25-35-23(33-16-4-5-16)24-31-12-17(11-30)39(24)36-25/h8-9,12,16,19-20,32,42H,4-7,13-14H2,1-3H3,(H,40,41)(H2,33,34,35,36)/t19-,20-/m0/s1. The van der Waals surface area contributed by atoms with Gasteiger partial charge in [0.2, 0.25) is 5.95 Å². The molecule has 5 rings (SSSR count). The Hall–Kier alpha value is -4.37. The number of fused-ring (bicyclic) bond motifs is 1. The number of nitrogens with zero attached hydrogens (tertiary/aromatic N) is 8. The molecule has 0 radical (unpaired) electrons. The Morgan fingerprint density at radius 1 is 1.26 bits per heavy atom. The number of halogens is 1. The quantitative estimate of drug-likeness (QED) is 0.244. The minimum absolute atomic E-state index is 0.162. The molecule has 0 spiro atoms. The summed E-state index contributed by atoms with van der Waals surface area (Å²) in [6.07, 6.45) is 2.91. The van der Waals surface area contributed by atoms with Crippen LogP contribution < -0.4 is 20.9 Å². The highest BCUT2D eigenvalue weighted by Gasteiger charge is 2.35. The lowest BCUT2D eigenvalue weighted by Crippen LogP contribution is -2.61. The lowest BCUT2D eigenvalue weighted by molar-refractivity contribution is 0.0673. The average molecular weight is 594 g/mol. The molecular formula is C27H32ClN11O3. The van der Waals surface area contributed by atoms with Crippen LogP contribution in [0.5, 0.6) is 0 Å². The van der Waals surface area contributed by atoms with Crippen molar-refractivity contribution in [1.82, 2.24) is 29.8 Å². The summed E-state index contributed by atoms with van der Waals surface area (Å²) in [5.41, 5.74) is 1.000. The number of rotatable bonds is 9. The predicted molar refractivity (Wildman–Crippen MR) is 156 cm³/mol. The Balaban J connectivity index is 1.47. The van der Waals surface area contributed by atoms with Crippen molar-refractivity contribution in [3.05, 3.63) is 34.6 Å². The SMILES string of the molecule is CN(C(=O)O)[C@H]1CCN(c2cc(C#N)cc(Nc3nc(NC4CC4)c4ncc(C#N)n4n3)c2Cl)C[C@@H]1NCC(C)(C)O. The first-order valence-corrected chi connectivity index (χ1v) is 13.9. The molecular weight excluding hydrogens is 562 g/mol. The summed E-state index contributed by atoms with van der Waals surface area (Å²) in [5, 5.41) is 53.9. The van der Waals surface area contributed by atoms with E-state index >= 15 is 0 Å². The number of nitrogens with one attached hydrogen (secondary N) is 3. The van der Waals surface area contributed by atoms with Gasteiger partial charge in [-0.05, 0) is 45.2 Å². The summed E-state index contributed by atoms with van der Waals surface area (Å²) in [6, 6.07) is 7.16. The highest BCUT2D eigenvalue weighted by Crippen LogP contribution is 2.38. The molecule has 0 unspecified atom stereocenters. The van der Waals surface area contributed by atoms with Crippen molar-refractivity contribution in [2.75, 3.05) is 42.2 Å². The van der Waals surface area contributed by atoms with Crippen LogP contribution in [0.4, 0.5) is 27.9 Å². The van der Waals surface area contributed by atoms with Crippen molar-refractivity contribution >= 4 is 46.5 Å². The van der Waals surface area contributed by atoms with Crippen LogP contribution in [0.2, 0.25) is 5.02 Å². The van der Waals surface area contributed by atoms with E-state index in [1.807, 2.05) is 4.90 Å². The molecule has 1 saturated heterocycles. The smallest absolute Gasteiger partial charge is 0.407 e. The number of hydrogen-bond donors (Lipinski definition) is 5. The summed E-state index contributed by atoms with van der Waals surface area (Å²) in [4.78, 5) is 23.9. The molecule has 42 heavy (non-hydrogen) atoms. The first-order chi connectivity index (χ1) is 20.0. The van der Waals surface area contributed by atoms with Gasteiger partial charge >= 0.3 is 6.09 Å². The van der Waals surface area contributed by atoms with E-state index in [0.29, 0.717) is 52.9 Å². The maximum atomic E-state index is 11.8. The molecule has 14 nitrogen and oxygen atoms in total. The number of piperidine rings is 1. The van der Waals surface area contributed by atoms with E-state index in [0.717, 1.165) is 12.8 Å². The van der Waals surface area contributed by atoms with Crippen molar-refractivity contribution in [3.8, 4) is 12.1 Å². The van der Waals surface area contributed by atoms with Gasteiger partial charge < -0.3 is 36.0 Å². The number of nitriles is 2. The van der Waals surface area contributed by atoms with Gasteiger partial charge in [-0.25, -0.2) is 9.78 Å². The van der Waals surface area contributed by atoms with Crippen LogP contribution in [-0.2, 0) is 0 Å². The number of amides is 1. The highest BCUT2D eigenvalue weighted by atomic mass is 35.5. The second-order valence-corrected chi connectivity index (χ2v) is 11.7. The van der Waals surface area contributed by atoms with Crippen LogP contribution in [0.15, 0.2) is 18.3 Å². The molecule has 5 N–H and O–H groups in total. The average Bonchev–Trinajstić information content (AvgIpc) is 3.67. The van der Waals surface area contributed by atoms with Gasteiger partial charge in [-0.2, -0.15) is 20.0 Å². The number of anilines is 4. The topological polar surface area (TPSA) is 191 Å². The van der Waals surface area contributed by atoms with Gasteiger partial charge in [0.05, 0.1) is 45.9 Å². The number of likely N-dealkylation sites (N-methyl/N-ethyl adjacent to an activating group) is 1. The van der Waals surface area contributed by atoms with Gasteiger partial charge in [-0.15, -0.1) is 5.10 Å². The summed E-state index contributed by atoms with van der Waals surface area (Å²) in [6.45, 7) is 4.47. The third kappa shape index (κ3) is 6.26. The molecule has 0 bridgehead atoms. The van der Waals surface area contributed by atoms with Crippen LogP contribution in [0, 0.1) is 22.7 Å². The molecule has 220 valence electrons. The Morgan fingerprint density at radius 2 is 2.02 bits per heavy atom. The van der Waals surface area contributed by atoms with E-state index in [-0.39, 0.29) is 36.3 Å². The number of hydrogen-bond acceptors (Lipinski definition) is 11. The zero-order chi connectivity index (χ0) is 30.2. The Bertz CT molecular complexity index is 1590. The number of aromatic nitrogens is 4. The van der Waals surface area contributed by atoms with Crippen LogP contribution in [0.1, 0.15) is 44.4 Å². The monoisotopic (exact) mass is 593 g/mol. The molecule has 2 aromatic heterocycles. The molecule has 2 atom stereocenters. The van der Waals surface area contributed by atoms with Crippen LogP contribution in [0.3, 0.4) is 0 Å². The molecule has 1 amide bonds. The summed E-state index contributed by atoms with van der Waals surface area (Å²) >= 11 is 6.94. The molecule has 1 aliphatic carbocycles. The van der Waals surface area contributed by atoms with Crippen molar-refractivity contribution in [2.45, 2.75) is 56.8 Å². The van der Waals surface area contributed by atoms with Crippen LogP contribution >= 0.6 is 11.6 Å². The molecule has 1 aromatic carbocycles. The second-order valence-electron chi connectivity index (χ2n) is 11.3. The number of carbonyl (C=O) groups is 1. The maximum absolute atomic E-state index is 11.8. The van der Waals surface area contributed by atoms with Gasteiger partial charge in [0, 0.05) is 38.8 Å². The fourth-order valence-electron chi connectivity index (χ4n) is 4.99. The van der Waals surface area contributed by atoms with Crippen molar-refractivity contribution < 1.29 is 15.0 Å². The molecule has 2 aliphatic rings. The fourth-order valence-corrected chi connectivity index (χ4v) is 5.26. The molecule has 1 aliphatic heterocycles. The third-order valence-electron chi connectivity index (χ3n) is 7.34. The van der Waals surface area contributed by atoms with E-state index in [1.165, 1.54) is 22.7 Å². The van der Waals surface area contributed by atoms with E-state index in [1.54, 1.807) is 26.0 Å². The van der Waals surface area contributed by atoms with Crippen LogP contribution in [-0.4, -0.2) is 91.2 Å². The number of benzene rings is 1. The second kappa shape index (κ2) is 11.5. The lowest BCUT2D eigenvalue weighted by Gasteiger charge is -2.44. The summed E-state index contributed by atoms with van der Waals surface area (Å²) in [5.74, 6) is 0.643. The van der Waals surface area contributed by atoms with Crippen molar-refractivity contribution in [2.24, 2.45) is 0 Å². The predicted octanol–water partition coefficient (Wildman–Crippen LogP) is 2.76. The lowest BCUT2D eigenvalue weighted by atomic mass is 9.96. The van der Waals surface area contributed by atoms with E-state index < -0.39 is 11.7 Å². The Morgan fingerprint density at radius 3 is 2.67 bits per heavy atom. The third-order valence-corrected chi connectivity index (χ3v) is 7.73. The Kier molecular flexibility index (Phi) is 7.97. The summed E-state index contributed by atoms with van der Waals surface area (Å²) in [7, 11) is 1.54. The largest absolute Gasteiger partial charge is 0.465 e. The Labute approximate surface area is 247 Å². The molecule has 1 saturated carbocycles. The van der Waals surface area contributed by atoms with E-state index in [9.17, 15) is 25.5 Å². The number of aliphatic hydroxyl groups is 1. The molecule has 2 fully saturated rings. The highest BCUT2D eigenvalue weighted by molar-refractivity contribution is 6.36. The van der Waals surface area contributed by atoms with Gasteiger partial charge in [-0.3, -0.25) is 0 Å². The molecule has 3 heterocycles. The van der Waals surface area contributed by atoms with Gasteiger partial charge in [-0.1, -0.05) is 11.6 Å².